The van der Waals surface area contributed by atoms with Crippen molar-refractivity contribution in [2.45, 2.75) is 58.9 Å². The highest BCUT2D eigenvalue weighted by molar-refractivity contribution is 4.63. The first kappa shape index (κ1) is 14.9. The Morgan fingerprint density at radius 1 is 1.07 bits per heavy atom. The van der Waals surface area contributed by atoms with E-state index in [9.17, 15) is 0 Å². The van der Waals surface area contributed by atoms with Crippen LogP contribution in [0.4, 0.5) is 0 Å². The van der Waals surface area contributed by atoms with Crippen molar-refractivity contribution in [2.24, 2.45) is 0 Å². The van der Waals surface area contributed by atoms with Crippen LogP contribution in [0.3, 0.4) is 0 Å². The molecule has 0 spiro atoms. The smallest absolute Gasteiger partial charge is 0.00508 e. The molecule has 2 nitrogen and oxygen atoms in total. The van der Waals surface area contributed by atoms with E-state index in [2.05, 4.69) is 38.0 Å². The molecule has 15 heavy (non-hydrogen) atoms. The zero-order chi connectivity index (χ0) is 11.5. The summed E-state index contributed by atoms with van der Waals surface area (Å²) in [7, 11) is 2.24. The fourth-order valence-corrected chi connectivity index (χ4v) is 1.65. The predicted octanol–water partition coefficient (Wildman–Crippen LogP) is 2.89. The molecule has 0 saturated heterocycles. The van der Waals surface area contributed by atoms with Gasteiger partial charge in [-0.2, -0.15) is 0 Å². The molecule has 92 valence electrons. The van der Waals surface area contributed by atoms with Crippen LogP contribution in [0.25, 0.3) is 0 Å². The zero-order valence-electron chi connectivity index (χ0n) is 11.2. The van der Waals surface area contributed by atoms with E-state index in [0.717, 1.165) is 6.54 Å². The summed E-state index contributed by atoms with van der Waals surface area (Å²) in [5.41, 5.74) is 0. The van der Waals surface area contributed by atoms with Crippen molar-refractivity contribution < 1.29 is 0 Å². The maximum Gasteiger partial charge on any atom is 0.00508 e. The molecule has 0 saturated carbocycles. The second-order valence-electron chi connectivity index (χ2n) is 4.65. The van der Waals surface area contributed by atoms with Crippen LogP contribution in [0.5, 0.6) is 0 Å². The largest absolute Gasteiger partial charge is 0.314 e. The van der Waals surface area contributed by atoms with E-state index in [1.165, 1.54) is 45.2 Å². The number of hydrogen-bond acceptors (Lipinski definition) is 2. The highest BCUT2D eigenvalue weighted by atomic mass is 15.1. The Morgan fingerprint density at radius 2 is 1.80 bits per heavy atom. The van der Waals surface area contributed by atoms with Crippen LogP contribution in [0.2, 0.25) is 0 Å². The molecule has 1 unspecified atom stereocenters. The fraction of sp³-hybridized carbons (Fsp3) is 1.00. The fourth-order valence-electron chi connectivity index (χ4n) is 1.65. The molecule has 1 N–H and O–H groups in total. The van der Waals surface area contributed by atoms with Crippen molar-refractivity contribution in [1.82, 2.24) is 10.2 Å². The van der Waals surface area contributed by atoms with E-state index in [1.807, 2.05) is 0 Å². The third kappa shape index (κ3) is 10.2. The van der Waals surface area contributed by atoms with Crippen molar-refractivity contribution >= 4 is 0 Å². The lowest BCUT2D eigenvalue weighted by Gasteiger charge is -2.19. The van der Waals surface area contributed by atoms with Gasteiger partial charge in [0.15, 0.2) is 0 Å². The minimum atomic E-state index is 0.665. The summed E-state index contributed by atoms with van der Waals surface area (Å²) in [5.74, 6) is 0. The molecular formula is C13H30N2. The van der Waals surface area contributed by atoms with Crippen molar-refractivity contribution in [3.05, 3.63) is 0 Å². The molecule has 1 atom stereocenters. The Kier molecular flexibility index (Phi) is 10.4. The van der Waals surface area contributed by atoms with Gasteiger partial charge in [0.1, 0.15) is 0 Å². The van der Waals surface area contributed by atoms with Gasteiger partial charge in [-0.3, -0.25) is 0 Å². The maximum atomic E-state index is 3.53. The molecular weight excluding hydrogens is 184 g/mol. The Morgan fingerprint density at radius 3 is 2.40 bits per heavy atom. The minimum Gasteiger partial charge on any atom is -0.314 e. The highest BCUT2D eigenvalue weighted by Gasteiger charge is 2.02. The summed E-state index contributed by atoms with van der Waals surface area (Å²) in [6.45, 7) is 10.4. The van der Waals surface area contributed by atoms with E-state index >= 15 is 0 Å². The second kappa shape index (κ2) is 10.4. The Balaban J connectivity index is 3.31. The first-order valence-electron chi connectivity index (χ1n) is 6.62. The van der Waals surface area contributed by atoms with Gasteiger partial charge in [-0.25, -0.2) is 0 Å². The highest BCUT2D eigenvalue weighted by Crippen LogP contribution is 1.99. The molecule has 0 amide bonds. The Hall–Kier alpha value is -0.0800. The molecule has 0 aromatic rings. The summed E-state index contributed by atoms with van der Waals surface area (Å²) in [6, 6.07) is 0.665. The lowest BCUT2D eigenvalue weighted by Crippen LogP contribution is -2.31. The molecule has 0 fully saturated rings. The van der Waals surface area contributed by atoms with Crippen LogP contribution in [-0.2, 0) is 0 Å². The summed E-state index contributed by atoms with van der Waals surface area (Å²) < 4.78 is 0. The van der Waals surface area contributed by atoms with Gasteiger partial charge < -0.3 is 10.2 Å². The Labute approximate surface area is 96.4 Å². The van der Waals surface area contributed by atoms with Gasteiger partial charge in [0.25, 0.3) is 0 Å². The zero-order valence-corrected chi connectivity index (χ0v) is 11.2. The van der Waals surface area contributed by atoms with Gasteiger partial charge in [0, 0.05) is 6.04 Å². The average molecular weight is 214 g/mol. The van der Waals surface area contributed by atoms with Gasteiger partial charge in [-0.05, 0) is 52.9 Å². The van der Waals surface area contributed by atoms with Crippen LogP contribution < -0.4 is 5.32 Å². The van der Waals surface area contributed by atoms with E-state index in [0.29, 0.717) is 6.04 Å². The summed E-state index contributed by atoms with van der Waals surface area (Å²) in [6.07, 6.45) is 6.54. The van der Waals surface area contributed by atoms with Gasteiger partial charge in [-0.1, -0.05) is 26.7 Å². The van der Waals surface area contributed by atoms with Crippen molar-refractivity contribution in [1.29, 1.82) is 0 Å². The molecule has 0 radical (unpaired) electrons. The van der Waals surface area contributed by atoms with Gasteiger partial charge in [0.05, 0.1) is 0 Å². The minimum absolute atomic E-state index is 0.665. The van der Waals surface area contributed by atoms with Crippen LogP contribution >= 0.6 is 0 Å². The molecule has 0 aliphatic rings. The topological polar surface area (TPSA) is 15.3 Å². The lowest BCUT2D eigenvalue weighted by molar-refractivity contribution is 0.304. The molecule has 0 rings (SSSR count). The van der Waals surface area contributed by atoms with Gasteiger partial charge in [-0.15, -0.1) is 0 Å². The molecule has 0 aromatic heterocycles. The number of nitrogens with zero attached hydrogens (tertiary/aromatic N) is 1. The van der Waals surface area contributed by atoms with E-state index in [-0.39, 0.29) is 0 Å². The quantitative estimate of drug-likeness (QED) is 0.563. The summed E-state index contributed by atoms with van der Waals surface area (Å²) in [4.78, 5) is 2.46. The second-order valence-corrected chi connectivity index (χ2v) is 4.65. The number of hydrogen-bond donors (Lipinski definition) is 1. The maximum absolute atomic E-state index is 3.53. The first-order chi connectivity index (χ1) is 7.20. The standard InChI is InChI=1S/C13H30N2/c1-5-7-8-11-15(4)12-9-13(3)14-10-6-2/h13-14H,5-12H2,1-4H3. The third-order valence-electron chi connectivity index (χ3n) is 2.83. The van der Waals surface area contributed by atoms with E-state index in [1.54, 1.807) is 0 Å². The molecule has 0 aliphatic heterocycles. The van der Waals surface area contributed by atoms with Crippen LogP contribution in [0.15, 0.2) is 0 Å². The first-order valence-corrected chi connectivity index (χ1v) is 6.62. The molecule has 0 aliphatic carbocycles. The Bertz CT molecular complexity index is 126. The van der Waals surface area contributed by atoms with Crippen LogP contribution in [0.1, 0.15) is 52.9 Å². The molecule has 2 heteroatoms. The molecule has 0 aromatic carbocycles. The van der Waals surface area contributed by atoms with Crippen LogP contribution in [-0.4, -0.2) is 37.6 Å². The number of nitrogens with one attached hydrogen (secondary N) is 1. The normalized spacial score (nSPS) is 13.4. The summed E-state index contributed by atoms with van der Waals surface area (Å²) in [5, 5.41) is 3.53. The van der Waals surface area contributed by atoms with Gasteiger partial charge in [0.2, 0.25) is 0 Å². The average Bonchev–Trinajstić information content (AvgIpc) is 2.24. The van der Waals surface area contributed by atoms with Gasteiger partial charge >= 0.3 is 0 Å². The van der Waals surface area contributed by atoms with Crippen molar-refractivity contribution in [2.75, 3.05) is 26.7 Å². The van der Waals surface area contributed by atoms with Crippen molar-refractivity contribution in [3.8, 4) is 0 Å². The number of rotatable bonds is 10. The molecule has 0 heterocycles. The summed E-state index contributed by atoms with van der Waals surface area (Å²) >= 11 is 0. The number of unbranched alkanes of at least 4 members (excludes halogenated alkanes) is 2. The molecule has 0 bridgehead atoms. The van der Waals surface area contributed by atoms with E-state index < -0.39 is 0 Å². The monoisotopic (exact) mass is 214 g/mol. The lowest BCUT2D eigenvalue weighted by atomic mass is 10.2. The van der Waals surface area contributed by atoms with Crippen LogP contribution in [0, 0.1) is 0 Å². The predicted molar refractivity (Wildman–Crippen MR) is 69.4 cm³/mol. The van der Waals surface area contributed by atoms with Crippen molar-refractivity contribution in [3.63, 3.8) is 0 Å². The third-order valence-corrected chi connectivity index (χ3v) is 2.83. The van der Waals surface area contributed by atoms with E-state index in [4.69, 9.17) is 0 Å². The SMILES string of the molecule is CCCCCN(C)CCC(C)NCCC.